The van der Waals surface area contributed by atoms with E-state index in [2.05, 4.69) is 69.4 Å². The second kappa shape index (κ2) is 18.3. The molecule has 2 saturated carbocycles. The number of hydrogen-bond donors (Lipinski definition) is 6. The maximum atomic E-state index is 12.3. The van der Waals surface area contributed by atoms with Gasteiger partial charge in [-0.05, 0) is 174 Å². The molecule has 2 aromatic rings. The van der Waals surface area contributed by atoms with Crippen molar-refractivity contribution in [3.8, 4) is 0 Å². The highest BCUT2D eigenvalue weighted by Gasteiger charge is 2.48. The van der Waals surface area contributed by atoms with Crippen LogP contribution >= 0.6 is 0 Å². The first-order valence-electron chi connectivity index (χ1n) is 21.3. The van der Waals surface area contributed by atoms with Crippen LogP contribution in [0.2, 0.25) is 0 Å². The van der Waals surface area contributed by atoms with Gasteiger partial charge in [-0.25, -0.2) is 0 Å². The number of aliphatic carboxylic acids is 3. The van der Waals surface area contributed by atoms with Crippen LogP contribution in [0.25, 0.3) is 0 Å². The predicted molar refractivity (Wildman–Crippen MR) is 212 cm³/mol. The van der Waals surface area contributed by atoms with Crippen molar-refractivity contribution in [3.63, 3.8) is 0 Å². The molecule has 1 spiro atoms. The van der Waals surface area contributed by atoms with Crippen molar-refractivity contribution in [2.24, 2.45) is 52.8 Å². The van der Waals surface area contributed by atoms with Crippen LogP contribution in [0.5, 0.6) is 0 Å². The molecule has 6 atom stereocenters. The van der Waals surface area contributed by atoms with E-state index in [1.807, 2.05) is 0 Å². The molecule has 0 unspecified atom stereocenters. The van der Waals surface area contributed by atoms with Gasteiger partial charge in [-0.2, -0.15) is 0 Å². The molecule has 3 saturated heterocycles. The molecule has 2 aromatic carbocycles. The molecule has 55 heavy (non-hydrogen) atoms. The van der Waals surface area contributed by atoms with Gasteiger partial charge in [-0.1, -0.05) is 48.5 Å². The van der Waals surface area contributed by atoms with Gasteiger partial charge in [0.05, 0.1) is 17.8 Å². The van der Waals surface area contributed by atoms with Crippen molar-refractivity contribution in [1.82, 2.24) is 20.9 Å². The molecule has 0 aromatic heterocycles. The molecule has 5 aliphatic rings. The van der Waals surface area contributed by atoms with E-state index >= 15 is 0 Å². The fourth-order valence-electron chi connectivity index (χ4n) is 11.3. The molecule has 300 valence electrons. The van der Waals surface area contributed by atoms with E-state index in [1.54, 1.807) is 0 Å². The molecule has 10 heteroatoms. The number of nitrogens with zero attached hydrogens (tertiary/aromatic N) is 1. The number of nitrogens with one attached hydrogen (secondary N) is 3. The van der Waals surface area contributed by atoms with Crippen LogP contribution in [0.3, 0.4) is 0 Å². The largest absolute Gasteiger partial charge is 0.481 e. The van der Waals surface area contributed by atoms with Crippen LogP contribution in [0.15, 0.2) is 48.5 Å². The van der Waals surface area contributed by atoms with Crippen molar-refractivity contribution in [2.45, 2.75) is 90.1 Å². The first-order valence-corrected chi connectivity index (χ1v) is 21.3. The molecule has 7 rings (SSSR count). The van der Waals surface area contributed by atoms with Crippen molar-refractivity contribution in [1.29, 1.82) is 0 Å². The first-order chi connectivity index (χ1) is 26.6. The van der Waals surface area contributed by atoms with Gasteiger partial charge in [-0.15, -0.1) is 0 Å². The number of hydrogen-bond acceptors (Lipinski definition) is 7. The maximum absolute atomic E-state index is 12.3. The highest BCUT2D eigenvalue weighted by molar-refractivity contribution is 5.71. The molecule has 3 aliphatic heterocycles. The van der Waals surface area contributed by atoms with Crippen LogP contribution in [-0.2, 0) is 40.3 Å². The highest BCUT2D eigenvalue weighted by atomic mass is 16.4. The highest BCUT2D eigenvalue weighted by Crippen LogP contribution is 2.57. The van der Waals surface area contributed by atoms with Gasteiger partial charge in [0.1, 0.15) is 0 Å². The Bertz CT molecular complexity index is 1520. The summed E-state index contributed by atoms with van der Waals surface area (Å²) in [5.74, 6) is -1.37. The van der Waals surface area contributed by atoms with Gasteiger partial charge in [0.25, 0.3) is 0 Å². The van der Waals surface area contributed by atoms with Gasteiger partial charge in [-0.3, -0.25) is 19.3 Å². The molecular weight excluding hydrogens is 693 g/mol. The minimum atomic E-state index is -0.712. The summed E-state index contributed by atoms with van der Waals surface area (Å²) in [7, 11) is 0. The monoisotopic (exact) mass is 756 g/mol. The van der Waals surface area contributed by atoms with Crippen LogP contribution in [-0.4, -0.2) is 83.9 Å². The van der Waals surface area contributed by atoms with E-state index < -0.39 is 29.7 Å². The molecule has 0 radical (unpaired) electrons. The SMILES string of the molecule is O=C(O)[C@@H](Cc1cccc(CN(Cc2cccc(C[C@H](C(=O)O)[C@H]3CCNC3)c2)CC2CCC3(CC2)CC(C[C@H](C(=O)O)[C@H]2CCNC2)C3)c1)[C@H]1CCNC1. The van der Waals surface area contributed by atoms with Crippen LogP contribution < -0.4 is 16.0 Å². The number of carbonyl (C=O) groups is 3. The summed E-state index contributed by atoms with van der Waals surface area (Å²) in [6.45, 7) is 7.57. The second-order valence-electron chi connectivity index (χ2n) is 18.3. The molecule has 10 nitrogen and oxygen atoms in total. The smallest absolute Gasteiger partial charge is 0.307 e. The van der Waals surface area contributed by atoms with E-state index in [0.29, 0.717) is 30.1 Å². The third-order valence-electron chi connectivity index (χ3n) is 14.4. The van der Waals surface area contributed by atoms with Crippen molar-refractivity contribution < 1.29 is 29.7 Å². The van der Waals surface area contributed by atoms with E-state index in [-0.39, 0.29) is 23.7 Å². The Balaban J connectivity index is 1.01. The van der Waals surface area contributed by atoms with Gasteiger partial charge in [0.15, 0.2) is 0 Å². The molecule has 3 heterocycles. The Hall–Kier alpha value is -3.31. The third kappa shape index (κ3) is 10.4. The summed E-state index contributed by atoms with van der Waals surface area (Å²) >= 11 is 0. The maximum Gasteiger partial charge on any atom is 0.307 e. The Morgan fingerprint density at radius 1 is 0.618 bits per heavy atom. The average Bonchev–Trinajstić information content (AvgIpc) is 3.97. The lowest BCUT2D eigenvalue weighted by Crippen LogP contribution is -2.43. The standard InChI is InChI=1S/C45H64N4O6/c50-42(51)39(36-9-14-46-24-36)19-31-3-1-5-33(17-31)28-49(29-34-6-2-4-32(18-34)20-40(43(52)53)37-10-15-47-25-37)27-30-7-12-45(13-8-30)22-35(23-45)21-41(44(54)55)38-11-16-48-26-38/h1-6,17-18,30,35-41,46-48H,7-16,19-29H2,(H,50,51)(H,52,53)(H,54,55)/t30?,35?,36-,37-,38-,39-,40-,41-,45?/m0/s1. The zero-order chi connectivity index (χ0) is 38.4. The van der Waals surface area contributed by atoms with E-state index in [4.69, 9.17) is 0 Å². The summed E-state index contributed by atoms with van der Waals surface area (Å²) in [5, 5.41) is 40.2. The topological polar surface area (TPSA) is 151 Å². The lowest BCUT2D eigenvalue weighted by atomic mass is 9.53. The fraction of sp³-hybridized carbons (Fsp3) is 0.667. The zero-order valence-corrected chi connectivity index (χ0v) is 32.6. The second-order valence-corrected chi connectivity index (χ2v) is 18.3. The van der Waals surface area contributed by atoms with Crippen LogP contribution in [0.1, 0.15) is 86.5 Å². The lowest BCUT2D eigenvalue weighted by molar-refractivity contribution is -0.146. The molecule has 2 aliphatic carbocycles. The minimum absolute atomic E-state index is 0.152. The van der Waals surface area contributed by atoms with E-state index in [0.717, 1.165) is 95.7 Å². The normalized spacial score (nSPS) is 29.6. The Labute approximate surface area is 327 Å². The van der Waals surface area contributed by atoms with E-state index in [1.165, 1.54) is 49.7 Å². The van der Waals surface area contributed by atoms with Gasteiger partial charge in [0, 0.05) is 19.6 Å². The number of carboxylic acids is 3. The number of benzene rings is 2. The van der Waals surface area contributed by atoms with E-state index in [9.17, 15) is 29.7 Å². The summed E-state index contributed by atoms with van der Waals surface area (Å²) in [6, 6.07) is 17.1. The van der Waals surface area contributed by atoms with Gasteiger partial charge in [0.2, 0.25) is 0 Å². The molecule has 0 bridgehead atoms. The Morgan fingerprint density at radius 3 is 1.47 bits per heavy atom. The van der Waals surface area contributed by atoms with Crippen molar-refractivity contribution in [3.05, 3.63) is 70.8 Å². The summed E-state index contributed by atoms with van der Waals surface area (Å²) in [6.07, 6.45) is 11.8. The number of carboxylic acid groups (broad SMARTS) is 3. The van der Waals surface area contributed by atoms with Crippen molar-refractivity contribution >= 4 is 17.9 Å². The van der Waals surface area contributed by atoms with Crippen molar-refractivity contribution in [2.75, 3.05) is 45.8 Å². The number of rotatable bonds is 18. The first kappa shape index (κ1) is 39.9. The Kier molecular flexibility index (Phi) is 13.3. The molecule has 5 fully saturated rings. The van der Waals surface area contributed by atoms with Gasteiger partial charge >= 0.3 is 17.9 Å². The summed E-state index contributed by atoms with van der Waals surface area (Å²) in [5.41, 5.74) is 4.93. The zero-order valence-electron chi connectivity index (χ0n) is 32.6. The van der Waals surface area contributed by atoms with Crippen LogP contribution in [0, 0.1) is 52.8 Å². The quantitative estimate of drug-likeness (QED) is 0.112. The predicted octanol–water partition coefficient (Wildman–Crippen LogP) is 5.68. The summed E-state index contributed by atoms with van der Waals surface area (Å²) < 4.78 is 0. The lowest BCUT2D eigenvalue weighted by Gasteiger charge is -2.53. The van der Waals surface area contributed by atoms with Crippen LogP contribution in [0.4, 0.5) is 0 Å². The summed E-state index contributed by atoms with van der Waals surface area (Å²) in [4.78, 5) is 39.3. The average molecular weight is 757 g/mol. The molecule has 6 N–H and O–H groups in total. The third-order valence-corrected chi connectivity index (χ3v) is 14.4. The minimum Gasteiger partial charge on any atom is -0.481 e. The molecule has 0 amide bonds. The Morgan fingerprint density at radius 2 is 1.05 bits per heavy atom. The molecular formula is C45H64N4O6. The fourth-order valence-corrected chi connectivity index (χ4v) is 11.3. The van der Waals surface area contributed by atoms with Gasteiger partial charge < -0.3 is 31.3 Å².